The topological polar surface area (TPSA) is 0 Å². The Labute approximate surface area is 100 Å². The summed E-state index contributed by atoms with van der Waals surface area (Å²) in [6, 6.07) is 7.03. The van der Waals surface area contributed by atoms with Crippen LogP contribution < -0.4 is 0 Å². The molecule has 1 aliphatic rings. The predicted octanol–water partition coefficient (Wildman–Crippen LogP) is 4.77. The van der Waals surface area contributed by atoms with Gasteiger partial charge in [0.2, 0.25) is 0 Å². The molecule has 1 aromatic rings. The number of aryl methyl sites for hydroxylation is 2. The summed E-state index contributed by atoms with van der Waals surface area (Å²) in [5.41, 5.74) is 4.70. The van der Waals surface area contributed by atoms with Crippen molar-refractivity contribution < 1.29 is 0 Å². The minimum absolute atomic E-state index is 0.354. The Morgan fingerprint density at radius 1 is 0.938 bits per heavy atom. The second kappa shape index (κ2) is 4.24. The summed E-state index contributed by atoms with van der Waals surface area (Å²) >= 11 is 0. The summed E-state index contributed by atoms with van der Waals surface area (Å²) in [7, 11) is 0. The van der Waals surface area contributed by atoms with Crippen LogP contribution >= 0.6 is 0 Å². The zero-order valence-electron chi connectivity index (χ0n) is 11.1. The number of rotatable bonds is 2. The Bertz CT molecular complexity index is 347. The van der Waals surface area contributed by atoms with E-state index in [2.05, 4.69) is 45.9 Å². The molecule has 0 N–H and O–H groups in total. The largest absolute Gasteiger partial charge is 0.0564 e. The van der Waals surface area contributed by atoms with E-state index < -0.39 is 0 Å². The highest BCUT2D eigenvalue weighted by molar-refractivity contribution is 5.33. The summed E-state index contributed by atoms with van der Waals surface area (Å²) in [5.74, 6) is 0.883. The van der Waals surface area contributed by atoms with Gasteiger partial charge in [0.1, 0.15) is 0 Å². The molecule has 0 bridgehead atoms. The van der Waals surface area contributed by atoms with Crippen molar-refractivity contribution in [2.45, 2.75) is 58.8 Å². The molecule has 0 atom stereocenters. The number of hydrogen-bond donors (Lipinski definition) is 0. The molecule has 0 saturated heterocycles. The van der Waals surface area contributed by atoms with Crippen molar-refractivity contribution >= 4 is 0 Å². The van der Waals surface area contributed by atoms with Crippen molar-refractivity contribution in [3.63, 3.8) is 0 Å². The van der Waals surface area contributed by atoms with E-state index in [0.717, 1.165) is 5.92 Å². The molecule has 0 radical (unpaired) electrons. The molecule has 1 fully saturated rings. The molecular weight excluding hydrogens is 192 g/mol. The van der Waals surface area contributed by atoms with Crippen LogP contribution in [0.3, 0.4) is 0 Å². The van der Waals surface area contributed by atoms with E-state index in [1.165, 1.54) is 42.4 Å². The van der Waals surface area contributed by atoms with Gasteiger partial charge in [-0.05, 0) is 43.6 Å². The van der Waals surface area contributed by atoms with Gasteiger partial charge in [0.15, 0.2) is 0 Å². The van der Waals surface area contributed by atoms with Gasteiger partial charge in [0.25, 0.3) is 0 Å². The summed E-state index contributed by atoms with van der Waals surface area (Å²) in [4.78, 5) is 0. The minimum Gasteiger partial charge on any atom is -0.0564 e. The average molecular weight is 216 g/mol. The first-order valence-corrected chi connectivity index (χ1v) is 6.59. The molecule has 0 heterocycles. The van der Waals surface area contributed by atoms with E-state index >= 15 is 0 Å². The Balaban J connectivity index is 2.33. The zero-order valence-corrected chi connectivity index (χ0v) is 11.1. The molecular formula is C16H24. The summed E-state index contributed by atoms with van der Waals surface area (Å²) in [6.07, 6.45) is 5.69. The normalized spacial score (nSPS) is 18.0. The van der Waals surface area contributed by atoms with Crippen molar-refractivity contribution in [3.8, 4) is 0 Å². The van der Waals surface area contributed by atoms with Gasteiger partial charge in [-0.25, -0.2) is 0 Å². The average Bonchev–Trinajstić information content (AvgIpc) is 2.69. The molecule has 2 rings (SSSR count). The third-order valence-corrected chi connectivity index (χ3v) is 4.34. The Morgan fingerprint density at radius 2 is 1.44 bits per heavy atom. The van der Waals surface area contributed by atoms with Gasteiger partial charge in [-0.1, -0.05) is 56.0 Å². The summed E-state index contributed by atoms with van der Waals surface area (Å²) < 4.78 is 0. The molecule has 0 spiro atoms. The molecule has 0 heteroatoms. The fraction of sp³-hybridized carbons (Fsp3) is 0.625. The van der Waals surface area contributed by atoms with E-state index in [0.29, 0.717) is 5.41 Å². The molecule has 0 amide bonds. The second-order valence-electron chi connectivity index (χ2n) is 6.08. The lowest BCUT2D eigenvalue weighted by Gasteiger charge is -2.33. The molecule has 88 valence electrons. The Hall–Kier alpha value is -0.780. The standard InChI is InChI=1S/C16H24/c1-12-9-13(2)11-15(10-12)16(3,4)14-7-5-6-8-14/h9-11,14H,5-8H2,1-4H3. The van der Waals surface area contributed by atoms with E-state index in [9.17, 15) is 0 Å². The maximum atomic E-state index is 2.43. The van der Waals surface area contributed by atoms with Crippen molar-refractivity contribution in [1.29, 1.82) is 0 Å². The van der Waals surface area contributed by atoms with Crippen LogP contribution in [0.1, 0.15) is 56.2 Å². The highest BCUT2D eigenvalue weighted by Gasteiger charge is 2.33. The van der Waals surface area contributed by atoms with Crippen molar-refractivity contribution in [3.05, 3.63) is 34.9 Å². The minimum atomic E-state index is 0.354. The SMILES string of the molecule is Cc1cc(C)cc(C(C)(C)C2CCCC2)c1. The van der Waals surface area contributed by atoms with Crippen LogP contribution in [0.5, 0.6) is 0 Å². The van der Waals surface area contributed by atoms with Crippen LogP contribution in [0.15, 0.2) is 18.2 Å². The van der Waals surface area contributed by atoms with Crippen LogP contribution in [-0.4, -0.2) is 0 Å². The van der Waals surface area contributed by atoms with Crippen LogP contribution in [0, 0.1) is 19.8 Å². The lowest BCUT2D eigenvalue weighted by Crippen LogP contribution is -2.26. The summed E-state index contributed by atoms with van der Waals surface area (Å²) in [5, 5.41) is 0. The third-order valence-electron chi connectivity index (χ3n) is 4.34. The first-order chi connectivity index (χ1) is 7.50. The van der Waals surface area contributed by atoms with E-state index in [1.807, 2.05) is 0 Å². The van der Waals surface area contributed by atoms with Crippen LogP contribution in [0.2, 0.25) is 0 Å². The second-order valence-corrected chi connectivity index (χ2v) is 6.08. The third kappa shape index (κ3) is 2.16. The van der Waals surface area contributed by atoms with Gasteiger partial charge in [0.05, 0.1) is 0 Å². The number of benzene rings is 1. The van der Waals surface area contributed by atoms with Gasteiger partial charge in [-0.2, -0.15) is 0 Å². The lowest BCUT2D eigenvalue weighted by atomic mass is 9.72. The first kappa shape index (κ1) is 11.7. The molecule has 0 nitrogen and oxygen atoms in total. The smallest absolute Gasteiger partial charge is 0.00751 e. The zero-order chi connectivity index (χ0) is 11.8. The molecule has 0 unspecified atom stereocenters. The Morgan fingerprint density at radius 3 is 1.94 bits per heavy atom. The lowest BCUT2D eigenvalue weighted by molar-refractivity contribution is 0.325. The Kier molecular flexibility index (Phi) is 3.10. The van der Waals surface area contributed by atoms with Gasteiger partial charge >= 0.3 is 0 Å². The highest BCUT2D eigenvalue weighted by Crippen LogP contribution is 2.42. The van der Waals surface area contributed by atoms with Crippen LogP contribution in [0.25, 0.3) is 0 Å². The van der Waals surface area contributed by atoms with Gasteiger partial charge < -0.3 is 0 Å². The molecule has 1 saturated carbocycles. The molecule has 0 aliphatic heterocycles. The van der Waals surface area contributed by atoms with Crippen LogP contribution in [0.4, 0.5) is 0 Å². The van der Waals surface area contributed by atoms with Crippen LogP contribution in [-0.2, 0) is 5.41 Å². The fourth-order valence-corrected chi connectivity index (χ4v) is 3.23. The van der Waals surface area contributed by atoms with E-state index in [4.69, 9.17) is 0 Å². The fourth-order valence-electron chi connectivity index (χ4n) is 3.23. The van der Waals surface area contributed by atoms with Crippen molar-refractivity contribution in [2.24, 2.45) is 5.92 Å². The van der Waals surface area contributed by atoms with Crippen molar-refractivity contribution in [1.82, 2.24) is 0 Å². The molecule has 16 heavy (non-hydrogen) atoms. The molecule has 1 aliphatic carbocycles. The quantitative estimate of drug-likeness (QED) is 0.668. The summed E-state index contributed by atoms with van der Waals surface area (Å²) in [6.45, 7) is 9.27. The van der Waals surface area contributed by atoms with Gasteiger partial charge in [0, 0.05) is 0 Å². The predicted molar refractivity (Wildman–Crippen MR) is 70.9 cm³/mol. The number of hydrogen-bond acceptors (Lipinski definition) is 0. The van der Waals surface area contributed by atoms with Gasteiger partial charge in [-0.3, -0.25) is 0 Å². The highest BCUT2D eigenvalue weighted by atomic mass is 14.4. The monoisotopic (exact) mass is 216 g/mol. The molecule has 1 aromatic carbocycles. The van der Waals surface area contributed by atoms with E-state index in [1.54, 1.807) is 0 Å². The maximum absolute atomic E-state index is 2.43. The first-order valence-electron chi connectivity index (χ1n) is 6.59. The maximum Gasteiger partial charge on any atom is -0.00751 e. The van der Waals surface area contributed by atoms with E-state index in [-0.39, 0.29) is 0 Å². The molecule has 0 aromatic heterocycles. The van der Waals surface area contributed by atoms with Gasteiger partial charge in [-0.15, -0.1) is 0 Å². The van der Waals surface area contributed by atoms with Crippen molar-refractivity contribution in [2.75, 3.05) is 0 Å².